The lowest BCUT2D eigenvalue weighted by molar-refractivity contribution is 0.671. The van der Waals surface area contributed by atoms with Crippen LogP contribution in [0.3, 0.4) is 0 Å². The summed E-state index contributed by atoms with van der Waals surface area (Å²) >= 11 is 0. The second-order valence-corrected chi connectivity index (χ2v) is 12.7. The van der Waals surface area contributed by atoms with Gasteiger partial charge in [-0.3, -0.25) is 4.57 Å². The number of fused-ring (bicyclic) bond motifs is 11. The monoisotopic (exact) mass is 602 g/mol. The van der Waals surface area contributed by atoms with Gasteiger partial charge in [0.05, 0.1) is 16.7 Å². The van der Waals surface area contributed by atoms with Gasteiger partial charge in [-0.2, -0.15) is 0 Å². The van der Waals surface area contributed by atoms with Crippen molar-refractivity contribution >= 4 is 60.6 Å². The first-order valence-corrected chi connectivity index (χ1v) is 16.4. The van der Waals surface area contributed by atoms with Crippen LogP contribution >= 0.6 is 0 Å². The van der Waals surface area contributed by atoms with Crippen molar-refractivity contribution in [3.8, 4) is 28.1 Å². The minimum atomic E-state index is 0.365. The molecule has 0 N–H and O–H groups in total. The van der Waals surface area contributed by atoms with Crippen molar-refractivity contribution in [2.75, 3.05) is 0 Å². The van der Waals surface area contributed by atoms with Crippen LogP contribution in [0.15, 0.2) is 144 Å². The number of hydrogen-bond donors (Lipinski definition) is 0. The van der Waals surface area contributed by atoms with Crippen LogP contribution < -0.4 is 0 Å². The summed E-state index contributed by atoms with van der Waals surface area (Å²) in [4.78, 5) is 5.43. The molecule has 0 aliphatic heterocycles. The summed E-state index contributed by atoms with van der Waals surface area (Å²) < 4.78 is 9.15. The van der Waals surface area contributed by atoms with Crippen molar-refractivity contribution in [3.05, 3.63) is 151 Å². The van der Waals surface area contributed by atoms with Crippen molar-refractivity contribution in [1.82, 2.24) is 9.55 Å². The van der Waals surface area contributed by atoms with Crippen LogP contribution in [0.25, 0.3) is 88.7 Å². The molecule has 0 bridgehead atoms. The van der Waals surface area contributed by atoms with Gasteiger partial charge in [0.1, 0.15) is 11.4 Å². The SMILES string of the molecule is CC1CC=Cc2nc(-n3c4ccccc4c4c5ccccc5c5c6ccccc6oc5c43)cc(-c3ccc(-c4ccccc4)cc3)c21. The average molecular weight is 603 g/mol. The van der Waals surface area contributed by atoms with Gasteiger partial charge in [0.15, 0.2) is 5.58 Å². The standard InChI is InChI=1S/C44H30N2O/c1-27-12-11-19-36-40(27)35(30-24-22-29(23-25-30)28-13-3-2-4-14-28)26-39(45-36)46-37-20-9-7-17-33(37)41-31-15-5-6-16-32(31)42-34-18-8-10-21-38(34)47-44(42)43(41)46/h2-11,13-27H,12H2,1H3. The van der Waals surface area contributed by atoms with Gasteiger partial charge in [-0.1, -0.05) is 128 Å². The molecule has 1 aliphatic carbocycles. The Morgan fingerprint density at radius 1 is 0.638 bits per heavy atom. The lowest BCUT2D eigenvalue weighted by Gasteiger charge is -2.23. The molecular formula is C44H30N2O. The molecule has 3 heteroatoms. The number of benzene rings is 6. The van der Waals surface area contributed by atoms with Crippen LogP contribution in [0.4, 0.5) is 0 Å². The molecule has 9 aromatic rings. The summed E-state index contributed by atoms with van der Waals surface area (Å²) in [5, 5.41) is 7.10. The van der Waals surface area contributed by atoms with Crippen LogP contribution in [0.1, 0.15) is 30.5 Å². The number of allylic oxidation sites excluding steroid dienone is 1. The Hall–Kier alpha value is -5.93. The van der Waals surface area contributed by atoms with Crippen LogP contribution in [0.5, 0.6) is 0 Å². The number of rotatable bonds is 3. The van der Waals surface area contributed by atoms with Crippen molar-refractivity contribution in [2.45, 2.75) is 19.3 Å². The molecule has 0 fully saturated rings. The third-order valence-corrected chi connectivity index (χ3v) is 10.0. The highest BCUT2D eigenvalue weighted by Gasteiger charge is 2.26. The summed E-state index contributed by atoms with van der Waals surface area (Å²) in [5.74, 6) is 1.26. The first kappa shape index (κ1) is 26.3. The molecule has 3 nitrogen and oxygen atoms in total. The summed E-state index contributed by atoms with van der Waals surface area (Å²) in [7, 11) is 0. The van der Waals surface area contributed by atoms with Gasteiger partial charge in [-0.15, -0.1) is 0 Å². The minimum absolute atomic E-state index is 0.365. The van der Waals surface area contributed by atoms with Gasteiger partial charge in [-0.25, -0.2) is 4.98 Å². The van der Waals surface area contributed by atoms with E-state index in [4.69, 9.17) is 9.40 Å². The summed E-state index contributed by atoms with van der Waals surface area (Å²) in [5.41, 5.74) is 11.2. The van der Waals surface area contributed by atoms with E-state index >= 15 is 0 Å². The third kappa shape index (κ3) is 3.83. The molecule has 0 spiro atoms. The molecular weight excluding hydrogens is 572 g/mol. The van der Waals surface area contributed by atoms with Gasteiger partial charge in [0.25, 0.3) is 0 Å². The zero-order valence-corrected chi connectivity index (χ0v) is 25.9. The topological polar surface area (TPSA) is 31.0 Å². The lowest BCUT2D eigenvalue weighted by atomic mass is 9.85. The van der Waals surface area contributed by atoms with E-state index in [-0.39, 0.29) is 0 Å². The van der Waals surface area contributed by atoms with E-state index in [1.54, 1.807) is 0 Å². The highest BCUT2D eigenvalue weighted by molar-refractivity contribution is 6.35. The van der Waals surface area contributed by atoms with E-state index < -0.39 is 0 Å². The molecule has 6 aromatic carbocycles. The Bertz CT molecular complexity index is 2710. The molecule has 1 atom stereocenters. The van der Waals surface area contributed by atoms with E-state index in [0.29, 0.717) is 5.92 Å². The summed E-state index contributed by atoms with van der Waals surface area (Å²) in [6.07, 6.45) is 5.48. The molecule has 0 saturated heterocycles. The third-order valence-electron chi connectivity index (χ3n) is 10.0. The van der Waals surface area contributed by atoms with Crippen LogP contribution in [-0.2, 0) is 0 Å². The Labute approximate surface area is 272 Å². The quantitative estimate of drug-likeness (QED) is 0.201. The van der Waals surface area contributed by atoms with E-state index in [1.807, 2.05) is 6.07 Å². The van der Waals surface area contributed by atoms with Gasteiger partial charge in [-0.05, 0) is 75.2 Å². The first-order chi connectivity index (χ1) is 23.2. The van der Waals surface area contributed by atoms with E-state index in [2.05, 4.69) is 151 Å². The Morgan fingerprint density at radius 3 is 2.09 bits per heavy atom. The summed E-state index contributed by atoms with van der Waals surface area (Å²) in [6, 6.07) is 47.8. The number of para-hydroxylation sites is 2. The fourth-order valence-electron chi connectivity index (χ4n) is 7.90. The van der Waals surface area contributed by atoms with Gasteiger partial charge in [0, 0.05) is 21.5 Å². The highest BCUT2D eigenvalue weighted by atomic mass is 16.3. The van der Waals surface area contributed by atoms with Crippen LogP contribution in [0.2, 0.25) is 0 Å². The first-order valence-electron chi connectivity index (χ1n) is 16.4. The molecule has 1 unspecified atom stereocenters. The largest absolute Gasteiger partial charge is 0.454 e. The molecule has 1 aliphatic rings. The zero-order valence-electron chi connectivity index (χ0n) is 25.9. The molecule has 0 amide bonds. The van der Waals surface area contributed by atoms with Gasteiger partial charge in [0.2, 0.25) is 0 Å². The molecule has 3 heterocycles. The van der Waals surface area contributed by atoms with E-state index in [1.165, 1.54) is 49.4 Å². The van der Waals surface area contributed by atoms with Crippen molar-refractivity contribution in [2.24, 2.45) is 0 Å². The molecule has 222 valence electrons. The maximum atomic E-state index is 6.80. The number of aromatic nitrogens is 2. The molecule has 10 rings (SSSR count). The predicted molar refractivity (Wildman–Crippen MR) is 196 cm³/mol. The second-order valence-electron chi connectivity index (χ2n) is 12.7. The van der Waals surface area contributed by atoms with E-state index in [0.717, 1.165) is 50.9 Å². The number of furan rings is 1. The van der Waals surface area contributed by atoms with Crippen LogP contribution in [0, 0.1) is 0 Å². The number of pyridine rings is 1. The zero-order chi connectivity index (χ0) is 31.1. The van der Waals surface area contributed by atoms with E-state index in [9.17, 15) is 0 Å². The fraction of sp³-hybridized carbons (Fsp3) is 0.0682. The van der Waals surface area contributed by atoms with Gasteiger partial charge < -0.3 is 4.42 Å². The average Bonchev–Trinajstić information content (AvgIpc) is 3.69. The van der Waals surface area contributed by atoms with Gasteiger partial charge >= 0.3 is 0 Å². The molecule has 3 aromatic heterocycles. The molecule has 0 radical (unpaired) electrons. The normalized spacial score (nSPS) is 14.5. The Morgan fingerprint density at radius 2 is 1.28 bits per heavy atom. The number of nitrogens with zero attached hydrogens (tertiary/aromatic N) is 2. The van der Waals surface area contributed by atoms with Crippen LogP contribution in [-0.4, -0.2) is 9.55 Å². The highest BCUT2D eigenvalue weighted by Crippen LogP contribution is 2.46. The Kier molecular flexibility index (Phi) is 5.62. The lowest BCUT2D eigenvalue weighted by Crippen LogP contribution is -2.09. The number of hydrogen-bond acceptors (Lipinski definition) is 2. The minimum Gasteiger partial charge on any atom is -0.454 e. The maximum absolute atomic E-state index is 6.80. The summed E-state index contributed by atoms with van der Waals surface area (Å²) in [6.45, 7) is 2.32. The van der Waals surface area contributed by atoms with Crippen molar-refractivity contribution in [3.63, 3.8) is 0 Å². The smallest absolute Gasteiger partial charge is 0.160 e. The maximum Gasteiger partial charge on any atom is 0.160 e. The molecule has 0 saturated carbocycles. The predicted octanol–water partition coefficient (Wildman–Crippen LogP) is 12.1. The van der Waals surface area contributed by atoms with Crippen molar-refractivity contribution in [1.29, 1.82) is 0 Å². The molecule has 47 heavy (non-hydrogen) atoms. The van der Waals surface area contributed by atoms with Crippen molar-refractivity contribution < 1.29 is 4.42 Å². The Balaban J connectivity index is 1.32. The second kappa shape index (κ2) is 10.0. The fourth-order valence-corrected chi connectivity index (χ4v) is 7.90.